The van der Waals surface area contributed by atoms with Crippen molar-refractivity contribution in [3.05, 3.63) is 23.8 Å². The molecule has 1 heterocycles. The standard InChI is InChI=1S/C16H20N4O4S/c1-10(21)11-3-6-14(15(7-11)23-2)24-8-13(22)9-25-16-17-18-19-20(16)12-4-5-12/h3,6-7,12-13,22H,4-5,8-9H2,1-2H3. The number of thioether (sulfide) groups is 1. The zero-order chi connectivity index (χ0) is 17.8. The quantitative estimate of drug-likeness (QED) is 0.531. The molecular formula is C16H20N4O4S. The van der Waals surface area contributed by atoms with E-state index >= 15 is 0 Å². The van der Waals surface area contributed by atoms with Crippen LogP contribution in [0, 0.1) is 0 Å². The number of ketones is 1. The Labute approximate surface area is 149 Å². The largest absolute Gasteiger partial charge is 0.493 e. The molecule has 0 saturated heterocycles. The monoisotopic (exact) mass is 364 g/mol. The molecule has 0 spiro atoms. The summed E-state index contributed by atoms with van der Waals surface area (Å²) in [7, 11) is 1.51. The highest BCUT2D eigenvalue weighted by Crippen LogP contribution is 2.36. The lowest BCUT2D eigenvalue weighted by Crippen LogP contribution is -2.20. The Kier molecular flexibility index (Phi) is 5.54. The van der Waals surface area contributed by atoms with Crippen LogP contribution in [0.1, 0.15) is 36.2 Å². The summed E-state index contributed by atoms with van der Waals surface area (Å²) in [6.45, 7) is 1.60. The van der Waals surface area contributed by atoms with Crippen LogP contribution in [0.15, 0.2) is 23.4 Å². The number of ether oxygens (including phenoxy) is 2. The number of tetrazole rings is 1. The molecule has 1 aromatic carbocycles. The smallest absolute Gasteiger partial charge is 0.209 e. The molecule has 25 heavy (non-hydrogen) atoms. The van der Waals surface area contributed by atoms with Gasteiger partial charge in [0, 0.05) is 11.3 Å². The minimum absolute atomic E-state index is 0.0466. The Morgan fingerprint density at radius 1 is 1.44 bits per heavy atom. The average molecular weight is 364 g/mol. The molecule has 0 aliphatic heterocycles. The third-order valence-electron chi connectivity index (χ3n) is 3.76. The highest BCUT2D eigenvalue weighted by Gasteiger charge is 2.28. The summed E-state index contributed by atoms with van der Waals surface area (Å²) in [5.41, 5.74) is 0.548. The van der Waals surface area contributed by atoms with Gasteiger partial charge in [0.05, 0.1) is 19.3 Å². The van der Waals surface area contributed by atoms with Crippen molar-refractivity contribution in [2.45, 2.75) is 37.1 Å². The van der Waals surface area contributed by atoms with E-state index in [1.807, 2.05) is 4.68 Å². The van der Waals surface area contributed by atoms with Gasteiger partial charge >= 0.3 is 0 Å². The number of aliphatic hydroxyl groups is 1. The number of carbonyl (C=O) groups is 1. The van der Waals surface area contributed by atoms with Gasteiger partial charge in [-0.25, -0.2) is 4.68 Å². The van der Waals surface area contributed by atoms with Gasteiger partial charge in [-0.15, -0.1) is 5.10 Å². The molecule has 1 aliphatic rings. The molecule has 0 amide bonds. The number of aliphatic hydroxyl groups excluding tert-OH is 1. The molecule has 134 valence electrons. The summed E-state index contributed by atoms with van der Waals surface area (Å²) in [5, 5.41) is 22.5. The van der Waals surface area contributed by atoms with Crippen molar-refractivity contribution in [2.24, 2.45) is 0 Å². The van der Waals surface area contributed by atoms with Crippen LogP contribution in [0.5, 0.6) is 11.5 Å². The first kappa shape index (κ1) is 17.7. The minimum atomic E-state index is -0.688. The summed E-state index contributed by atoms with van der Waals surface area (Å²) in [6.07, 6.45) is 1.51. The molecule has 1 fully saturated rings. The fourth-order valence-corrected chi connectivity index (χ4v) is 3.09. The zero-order valence-corrected chi connectivity index (χ0v) is 14.9. The third kappa shape index (κ3) is 4.49. The number of nitrogens with zero attached hydrogens (tertiary/aromatic N) is 4. The van der Waals surface area contributed by atoms with Crippen LogP contribution in [-0.4, -0.2) is 56.7 Å². The normalized spacial score (nSPS) is 15.0. The number of hydrogen-bond donors (Lipinski definition) is 1. The lowest BCUT2D eigenvalue weighted by Gasteiger charge is -2.14. The highest BCUT2D eigenvalue weighted by atomic mass is 32.2. The van der Waals surface area contributed by atoms with Gasteiger partial charge in [-0.1, -0.05) is 11.8 Å². The van der Waals surface area contributed by atoms with E-state index in [9.17, 15) is 9.90 Å². The molecule has 1 unspecified atom stereocenters. The number of Topliss-reactive ketones (excluding diaryl/α,β-unsaturated/α-hetero) is 1. The Morgan fingerprint density at radius 2 is 2.24 bits per heavy atom. The summed E-state index contributed by atoms with van der Waals surface area (Å²) in [5.74, 6) is 1.32. The summed E-state index contributed by atoms with van der Waals surface area (Å²) < 4.78 is 12.7. The number of methoxy groups -OCH3 is 1. The highest BCUT2D eigenvalue weighted by molar-refractivity contribution is 7.99. The van der Waals surface area contributed by atoms with Crippen molar-refractivity contribution in [3.63, 3.8) is 0 Å². The molecule has 2 aromatic rings. The van der Waals surface area contributed by atoms with E-state index in [0.717, 1.165) is 12.8 Å². The molecule has 1 aromatic heterocycles. The maximum absolute atomic E-state index is 11.4. The number of carbonyl (C=O) groups excluding carboxylic acids is 1. The van der Waals surface area contributed by atoms with E-state index in [1.165, 1.54) is 25.8 Å². The lowest BCUT2D eigenvalue weighted by atomic mass is 10.1. The second-order valence-corrected chi connectivity index (χ2v) is 6.82. The Balaban J connectivity index is 1.52. The number of aromatic nitrogens is 4. The molecule has 1 atom stereocenters. The molecule has 0 bridgehead atoms. The molecule has 1 aliphatic carbocycles. The van der Waals surface area contributed by atoms with Crippen LogP contribution in [-0.2, 0) is 0 Å². The third-order valence-corrected chi connectivity index (χ3v) is 4.84. The van der Waals surface area contributed by atoms with Gasteiger partial charge in [0.2, 0.25) is 5.16 Å². The molecule has 8 nitrogen and oxygen atoms in total. The molecule has 9 heteroatoms. The van der Waals surface area contributed by atoms with E-state index in [-0.39, 0.29) is 12.4 Å². The fraction of sp³-hybridized carbons (Fsp3) is 0.500. The van der Waals surface area contributed by atoms with Gasteiger partial charge in [0.15, 0.2) is 17.3 Å². The number of hydrogen-bond acceptors (Lipinski definition) is 8. The molecular weight excluding hydrogens is 344 g/mol. The van der Waals surface area contributed by atoms with Gasteiger partial charge in [0.1, 0.15) is 6.61 Å². The Bertz CT molecular complexity index is 747. The minimum Gasteiger partial charge on any atom is -0.493 e. The first-order valence-corrected chi connectivity index (χ1v) is 8.97. The Morgan fingerprint density at radius 3 is 2.92 bits per heavy atom. The van der Waals surface area contributed by atoms with Crippen molar-refractivity contribution >= 4 is 17.5 Å². The van der Waals surface area contributed by atoms with E-state index in [1.54, 1.807) is 18.2 Å². The summed E-state index contributed by atoms with van der Waals surface area (Å²) in [6, 6.07) is 5.37. The number of benzene rings is 1. The van der Waals surface area contributed by atoms with Crippen molar-refractivity contribution in [1.82, 2.24) is 20.2 Å². The number of rotatable bonds is 9. The maximum atomic E-state index is 11.4. The van der Waals surface area contributed by atoms with Crippen LogP contribution in [0.2, 0.25) is 0 Å². The molecule has 1 saturated carbocycles. The maximum Gasteiger partial charge on any atom is 0.209 e. The van der Waals surface area contributed by atoms with Gasteiger partial charge in [-0.3, -0.25) is 4.79 Å². The second kappa shape index (κ2) is 7.83. The average Bonchev–Trinajstić information content (AvgIpc) is 3.35. The topological polar surface area (TPSA) is 99.4 Å². The fourth-order valence-electron chi connectivity index (χ4n) is 2.24. The zero-order valence-electron chi connectivity index (χ0n) is 14.1. The van der Waals surface area contributed by atoms with Gasteiger partial charge in [0.25, 0.3) is 0 Å². The van der Waals surface area contributed by atoms with Crippen LogP contribution in [0.3, 0.4) is 0 Å². The van der Waals surface area contributed by atoms with Gasteiger partial charge in [-0.2, -0.15) is 0 Å². The van der Waals surface area contributed by atoms with Crippen LogP contribution in [0.4, 0.5) is 0 Å². The van der Waals surface area contributed by atoms with E-state index < -0.39 is 6.10 Å². The predicted octanol–water partition coefficient (Wildman–Crippen LogP) is 1.75. The first-order valence-electron chi connectivity index (χ1n) is 7.99. The van der Waals surface area contributed by atoms with Gasteiger partial charge in [-0.05, 0) is 48.4 Å². The van der Waals surface area contributed by atoms with Gasteiger partial charge < -0.3 is 14.6 Å². The molecule has 0 radical (unpaired) electrons. The van der Waals surface area contributed by atoms with Crippen LogP contribution < -0.4 is 9.47 Å². The van der Waals surface area contributed by atoms with Crippen molar-refractivity contribution in [3.8, 4) is 11.5 Å². The van der Waals surface area contributed by atoms with Crippen molar-refractivity contribution in [2.75, 3.05) is 19.5 Å². The van der Waals surface area contributed by atoms with Crippen molar-refractivity contribution < 1.29 is 19.4 Å². The second-order valence-electron chi connectivity index (χ2n) is 5.83. The van der Waals surface area contributed by atoms with E-state index in [0.29, 0.717) is 34.0 Å². The lowest BCUT2D eigenvalue weighted by molar-refractivity contribution is 0.101. The Hall–Kier alpha value is -2.13. The summed E-state index contributed by atoms with van der Waals surface area (Å²) in [4.78, 5) is 11.4. The first-order chi connectivity index (χ1) is 12.1. The molecule has 3 rings (SSSR count). The van der Waals surface area contributed by atoms with Crippen LogP contribution in [0.25, 0.3) is 0 Å². The summed E-state index contributed by atoms with van der Waals surface area (Å²) >= 11 is 1.40. The van der Waals surface area contributed by atoms with E-state index in [4.69, 9.17) is 9.47 Å². The molecule has 1 N–H and O–H groups in total. The SMILES string of the molecule is COc1cc(C(C)=O)ccc1OCC(O)CSc1nnnn1C1CC1. The van der Waals surface area contributed by atoms with Crippen molar-refractivity contribution in [1.29, 1.82) is 0 Å². The van der Waals surface area contributed by atoms with Crippen LogP contribution >= 0.6 is 11.8 Å². The van der Waals surface area contributed by atoms with E-state index in [2.05, 4.69) is 15.5 Å². The predicted molar refractivity (Wildman–Crippen MR) is 91.3 cm³/mol.